The monoisotopic (exact) mass is 369 g/mol. The number of carbonyl (C=O) groups excluding carboxylic acids is 1. The van der Waals surface area contributed by atoms with Crippen LogP contribution in [0.5, 0.6) is 0 Å². The summed E-state index contributed by atoms with van der Waals surface area (Å²) in [4.78, 5) is 24.4. The smallest absolute Gasteiger partial charge is 0.343 e. The first-order chi connectivity index (χ1) is 11.9. The molecule has 0 radical (unpaired) electrons. The molecule has 2 aromatic heterocycles. The van der Waals surface area contributed by atoms with Crippen LogP contribution >= 0.6 is 11.7 Å². The second kappa shape index (κ2) is 6.63. The molecule has 0 saturated carbocycles. The highest BCUT2D eigenvalue weighted by Gasteiger charge is 2.23. The van der Waals surface area contributed by atoms with E-state index in [0.717, 1.165) is 22.5 Å². The standard InChI is InChI=1S/C15H10F3N3O3S/c1-2-24-15(23)9-6-21(5-7-4-19-25-20-7)13-8(14(9)22)3-10(16)11(17)12(13)18/h3-4,6H,2,5H2,1H3. The number of hydrogen-bond donors (Lipinski definition) is 0. The quantitative estimate of drug-likeness (QED) is 0.522. The van der Waals surface area contributed by atoms with E-state index in [0.29, 0.717) is 11.8 Å². The Labute approximate surface area is 142 Å². The predicted molar refractivity (Wildman–Crippen MR) is 83.0 cm³/mol. The van der Waals surface area contributed by atoms with Crippen LogP contribution in [-0.4, -0.2) is 25.9 Å². The van der Waals surface area contributed by atoms with Crippen molar-refractivity contribution in [2.45, 2.75) is 13.5 Å². The third-order valence-corrected chi connectivity index (χ3v) is 3.95. The molecule has 0 aliphatic heterocycles. The number of pyridine rings is 1. The number of fused-ring (bicyclic) bond motifs is 1. The minimum Gasteiger partial charge on any atom is -0.462 e. The van der Waals surface area contributed by atoms with Gasteiger partial charge in [-0.15, -0.1) is 0 Å². The van der Waals surface area contributed by atoms with Crippen LogP contribution in [0.4, 0.5) is 13.2 Å². The Kier molecular flexibility index (Phi) is 4.53. The van der Waals surface area contributed by atoms with Gasteiger partial charge >= 0.3 is 5.97 Å². The van der Waals surface area contributed by atoms with Crippen LogP contribution in [0.1, 0.15) is 23.0 Å². The van der Waals surface area contributed by atoms with E-state index in [1.165, 1.54) is 6.20 Å². The van der Waals surface area contributed by atoms with Crippen molar-refractivity contribution in [2.75, 3.05) is 6.61 Å². The Hall–Kier alpha value is -2.75. The van der Waals surface area contributed by atoms with Gasteiger partial charge in [-0.05, 0) is 13.0 Å². The molecular formula is C15H10F3N3O3S. The van der Waals surface area contributed by atoms with Crippen molar-refractivity contribution in [1.82, 2.24) is 13.3 Å². The fourth-order valence-electron chi connectivity index (χ4n) is 2.37. The molecule has 130 valence electrons. The van der Waals surface area contributed by atoms with Gasteiger partial charge in [0.25, 0.3) is 0 Å². The van der Waals surface area contributed by atoms with Crippen molar-refractivity contribution in [3.8, 4) is 0 Å². The first-order valence-corrected chi connectivity index (χ1v) is 7.81. The Morgan fingerprint density at radius 3 is 2.72 bits per heavy atom. The van der Waals surface area contributed by atoms with Gasteiger partial charge in [0.05, 0.1) is 47.7 Å². The summed E-state index contributed by atoms with van der Waals surface area (Å²) in [6, 6.07) is 0.564. The molecule has 0 amide bonds. The molecule has 0 saturated heterocycles. The average molecular weight is 369 g/mol. The van der Waals surface area contributed by atoms with Crippen LogP contribution in [0.2, 0.25) is 0 Å². The van der Waals surface area contributed by atoms with Crippen molar-refractivity contribution >= 4 is 28.6 Å². The van der Waals surface area contributed by atoms with E-state index in [-0.39, 0.29) is 13.2 Å². The van der Waals surface area contributed by atoms with Gasteiger partial charge in [-0.1, -0.05) is 0 Å². The van der Waals surface area contributed by atoms with Crippen LogP contribution in [-0.2, 0) is 11.3 Å². The second-order valence-electron chi connectivity index (χ2n) is 5.00. The van der Waals surface area contributed by atoms with E-state index < -0.39 is 45.3 Å². The SMILES string of the molecule is CCOC(=O)c1cn(Cc2cnsn2)c2c(F)c(F)c(F)cc2c1=O. The van der Waals surface area contributed by atoms with Crippen molar-refractivity contribution in [2.24, 2.45) is 0 Å². The molecule has 25 heavy (non-hydrogen) atoms. The van der Waals surface area contributed by atoms with E-state index in [1.54, 1.807) is 6.92 Å². The molecule has 3 rings (SSSR count). The molecule has 0 fully saturated rings. The molecule has 0 bridgehead atoms. The number of rotatable bonds is 4. The lowest BCUT2D eigenvalue weighted by molar-refractivity contribution is 0.0524. The number of esters is 1. The zero-order valence-corrected chi connectivity index (χ0v) is 13.6. The third-order valence-electron chi connectivity index (χ3n) is 3.43. The van der Waals surface area contributed by atoms with Crippen LogP contribution in [0.25, 0.3) is 10.9 Å². The molecule has 1 aromatic carbocycles. The Morgan fingerprint density at radius 1 is 1.32 bits per heavy atom. The summed E-state index contributed by atoms with van der Waals surface area (Å²) in [5, 5.41) is -0.467. The summed E-state index contributed by atoms with van der Waals surface area (Å²) in [6.45, 7) is 1.47. The third kappa shape index (κ3) is 3.00. The maximum absolute atomic E-state index is 14.3. The molecule has 0 atom stereocenters. The number of ether oxygens (including phenoxy) is 1. The normalized spacial score (nSPS) is 11.0. The second-order valence-corrected chi connectivity index (χ2v) is 5.56. The first kappa shape index (κ1) is 17.1. The summed E-state index contributed by atoms with van der Waals surface area (Å²) in [5.41, 5.74) is -1.43. The minimum absolute atomic E-state index is 0.0124. The van der Waals surface area contributed by atoms with Crippen LogP contribution in [0, 0.1) is 17.5 Å². The van der Waals surface area contributed by atoms with Gasteiger partial charge in [0.1, 0.15) is 5.56 Å². The maximum Gasteiger partial charge on any atom is 0.343 e. The molecule has 10 heteroatoms. The molecule has 0 unspecified atom stereocenters. The molecular weight excluding hydrogens is 359 g/mol. The highest BCUT2D eigenvalue weighted by molar-refractivity contribution is 6.99. The first-order valence-electron chi connectivity index (χ1n) is 7.08. The topological polar surface area (TPSA) is 74.1 Å². The van der Waals surface area contributed by atoms with Gasteiger partial charge in [0.15, 0.2) is 17.5 Å². The average Bonchev–Trinajstić information content (AvgIpc) is 3.08. The van der Waals surface area contributed by atoms with Crippen molar-refractivity contribution < 1.29 is 22.7 Å². The van der Waals surface area contributed by atoms with Gasteiger partial charge in [0, 0.05) is 6.20 Å². The summed E-state index contributed by atoms with van der Waals surface area (Å²) in [6.07, 6.45) is 2.44. The van der Waals surface area contributed by atoms with Gasteiger partial charge < -0.3 is 9.30 Å². The van der Waals surface area contributed by atoms with Gasteiger partial charge in [-0.25, -0.2) is 18.0 Å². The largest absolute Gasteiger partial charge is 0.462 e. The fourth-order valence-corrected chi connectivity index (χ4v) is 2.80. The van der Waals surface area contributed by atoms with E-state index in [1.807, 2.05) is 0 Å². The van der Waals surface area contributed by atoms with E-state index in [2.05, 4.69) is 8.75 Å². The van der Waals surface area contributed by atoms with Crippen molar-refractivity contribution in [3.63, 3.8) is 0 Å². The van der Waals surface area contributed by atoms with Gasteiger partial charge in [-0.3, -0.25) is 4.79 Å². The Morgan fingerprint density at radius 2 is 2.08 bits per heavy atom. The number of nitrogens with zero attached hydrogens (tertiary/aromatic N) is 3. The molecule has 0 aliphatic carbocycles. The minimum atomic E-state index is -1.71. The van der Waals surface area contributed by atoms with Crippen molar-refractivity contribution in [3.05, 3.63) is 57.4 Å². The van der Waals surface area contributed by atoms with E-state index >= 15 is 0 Å². The highest BCUT2D eigenvalue weighted by Crippen LogP contribution is 2.22. The summed E-state index contributed by atoms with van der Waals surface area (Å²) in [7, 11) is 0. The zero-order chi connectivity index (χ0) is 18.1. The molecule has 6 nitrogen and oxygen atoms in total. The van der Waals surface area contributed by atoms with Gasteiger partial charge in [0.2, 0.25) is 5.43 Å². The lowest BCUT2D eigenvalue weighted by Gasteiger charge is -2.13. The predicted octanol–water partition coefficient (Wildman–Crippen LogP) is 2.50. The molecule has 0 spiro atoms. The van der Waals surface area contributed by atoms with Crippen LogP contribution < -0.4 is 5.43 Å². The fraction of sp³-hybridized carbons (Fsp3) is 0.200. The molecule has 3 aromatic rings. The lowest BCUT2D eigenvalue weighted by Crippen LogP contribution is -2.22. The van der Waals surface area contributed by atoms with Crippen molar-refractivity contribution in [1.29, 1.82) is 0 Å². The Bertz CT molecular complexity index is 1020. The van der Waals surface area contributed by atoms with E-state index in [4.69, 9.17) is 4.74 Å². The maximum atomic E-state index is 14.3. The zero-order valence-electron chi connectivity index (χ0n) is 12.8. The van der Waals surface area contributed by atoms with Crippen LogP contribution in [0.15, 0.2) is 23.3 Å². The molecule has 0 N–H and O–H groups in total. The lowest BCUT2D eigenvalue weighted by atomic mass is 10.1. The number of hydrogen-bond acceptors (Lipinski definition) is 6. The highest BCUT2D eigenvalue weighted by atomic mass is 32.1. The Balaban J connectivity index is 2.34. The van der Waals surface area contributed by atoms with E-state index in [9.17, 15) is 22.8 Å². The summed E-state index contributed by atoms with van der Waals surface area (Å²) >= 11 is 0.901. The van der Waals surface area contributed by atoms with Crippen LogP contribution in [0.3, 0.4) is 0 Å². The number of carbonyl (C=O) groups is 1. The molecule has 2 heterocycles. The number of halogens is 3. The number of aromatic nitrogens is 3. The summed E-state index contributed by atoms with van der Waals surface area (Å²) in [5.74, 6) is -5.69. The molecule has 0 aliphatic rings. The number of benzene rings is 1. The van der Waals surface area contributed by atoms with Gasteiger partial charge in [-0.2, -0.15) is 8.75 Å². The summed E-state index contributed by atoms with van der Waals surface area (Å²) < 4.78 is 55.2.